The van der Waals surface area contributed by atoms with Gasteiger partial charge in [-0.3, -0.25) is 10.1 Å². The number of carboxylic acid groups (broad SMARTS) is 1. The Kier molecular flexibility index (Phi) is 9.36. The van der Waals surface area contributed by atoms with Crippen LogP contribution in [0, 0.1) is 0 Å². The van der Waals surface area contributed by atoms with Crippen molar-refractivity contribution in [3.63, 3.8) is 0 Å². The maximum Gasteiger partial charge on any atom is 0.321 e. The van der Waals surface area contributed by atoms with E-state index >= 15 is 0 Å². The standard InChI is InChI=1S/C21H31NO13/c23-6-11-13(26)14(27)17(30)21(34-11)35-18-12(7-24)33-19(16(29)15(18)28)22-10(20(31)32)5-8-1-3-9(25)4-2-8/h1-4,10-19,21-30H,5-7H2,(H,31,32)/t10-,11+,12+,13-,14-,15+,16+,17+,18+,19?,21-/m0/s1. The van der Waals surface area contributed by atoms with Crippen molar-refractivity contribution < 1.29 is 65.0 Å². The molecule has 2 saturated heterocycles. The molecule has 1 unspecified atom stereocenters. The van der Waals surface area contributed by atoms with Crippen LogP contribution in [0.4, 0.5) is 0 Å². The lowest BCUT2D eigenvalue weighted by atomic mass is 9.96. The highest BCUT2D eigenvalue weighted by atomic mass is 16.7. The molecule has 11 atom stereocenters. The van der Waals surface area contributed by atoms with Gasteiger partial charge < -0.3 is 60.2 Å². The zero-order valence-corrected chi connectivity index (χ0v) is 18.4. The van der Waals surface area contributed by atoms with Gasteiger partial charge in [-0.15, -0.1) is 0 Å². The second-order valence-corrected chi connectivity index (χ2v) is 8.48. The van der Waals surface area contributed by atoms with E-state index < -0.39 is 86.6 Å². The van der Waals surface area contributed by atoms with Crippen LogP contribution in [0.3, 0.4) is 0 Å². The minimum Gasteiger partial charge on any atom is -0.508 e. The van der Waals surface area contributed by atoms with E-state index in [4.69, 9.17) is 14.2 Å². The minimum atomic E-state index is -1.80. The first-order chi connectivity index (χ1) is 16.6. The Bertz CT molecular complexity index is 822. The zero-order chi connectivity index (χ0) is 25.9. The van der Waals surface area contributed by atoms with Gasteiger partial charge in [0.05, 0.1) is 13.2 Å². The van der Waals surface area contributed by atoms with Gasteiger partial charge in [-0.1, -0.05) is 12.1 Å². The highest BCUT2D eigenvalue weighted by Gasteiger charge is 2.50. The van der Waals surface area contributed by atoms with Crippen molar-refractivity contribution in [1.29, 1.82) is 0 Å². The summed E-state index contributed by atoms with van der Waals surface area (Å²) in [6, 6.07) is 4.51. The summed E-state index contributed by atoms with van der Waals surface area (Å²) in [5.41, 5.74) is 0.552. The Morgan fingerprint density at radius 2 is 1.51 bits per heavy atom. The van der Waals surface area contributed by atoms with E-state index in [1.54, 1.807) is 0 Å². The molecule has 0 saturated carbocycles. The van der Waals surface area contributed by atoms with Crippen molar-refractivity contribution in [3.8, 4) is 5.75 Å². The number of rotatable bonds is 9. The maximum absolute atomic E-state index is 11.8. The molecule has 2 aliphatic rings. The number of hydrogen-bond acceptors (Lipinski definition) is 13. The van der Waals surface area contributed by atoms with E-state index in [0.29, 0.717) is 5.56 Å². The third-order valence-corrected chi connectivity index (χ3v) is 6.04. The number of benzene rings is 1. The van der Waals surface area contributed by atoms with Crippen LogP contribution < -0.4 is 5.32 Å². The molecule has 14 nitrogen and oxygen atoms in total. The molecule has 2 fully saturated rings. The molecule has 0 radical (unpaired) electrons. The number of aliphatic hydroxyl groups is 7. The lowest BCUT2D eigenvalue weighted by molar-refractivity contribution is -0.343. The van der Waals surface area contributed by atoms with Crippen molar-refractivity contribution in [3.05, 3.63) is 29.8 Å². The average molecular weight is 505 g/mol. The summed E-state index contributed by atoms with van der Waals surface area (Å²) in [5, 5.41) is 91.9. The fourth-order valence-electron chi connectivity index (χ4n) is 4.01. The van der Waals surface area contributed by atoms with Crippen LogP contribution in [0.2, 0.25) is 0 Å². The molecule has 1 aromatic rings. The molecule has 14 heteroatoms. The van der Waals surface area contributed by atoms with E-state index in [1.165, 1.54) is 24.3 Å². The van der Waals surface area contributed by atoms with Gasteiger partial charge in [0.15, 0.2) is 6.29 Å². The molecule has 2 heterocycles. The Balaban J connectivity index is 1.70. The van der Waals surface area contributed by atoms with Gasteiger partial charge in [0.2, 0.25) is 0 Å². The van der Waals surface area contributed by atoms with Gasteiger partial charge in [0, 0.05) is 0 Å². The van der Waals surface area contributed by atoms with E-state index in [2.05, 4.69) is 5.32 Å². The smallest absolute Gasteiger partial charge is 0.321 e. The summed E-state index contributed by atoms with van der Waals surface area (Å²) in [7, 11) is 0. The molecule has 0 bridgehead atoms. The lowest BCUT2D eigenvalue weighted by Crippen LogP contribution is -2.67. The number of ether oxygens (including phenoxy) is 3. The molecule has 0 aromatic heterocycles. The molecular weight excluding hydrogens is 474 g/mol. The Hall–Kier alpha value is -1.95. The Morgan fingerprint density at radius 1 is 0.886 bits per heavy atom. The number of carbonyl (C=O) groups is 1. The fourth-order valence-corrected chi connectivity index (χ4v) is 4.01. The summed E-state index contributed by atoms with van der Waals surface area (Å²) in [6.07, 6.45) is -16.0. The van der Waals surface area contributed by atoms with Crippen molar-refractivity contribution >= 4 is 5.97 Å². The number of hydrogen-bond donors (Lipinski definition) is 10. The molecule has 0 spiro atoms. The van der Waals surface area contributed by atoms with Crippen LogP contribution in [0.25, 0.3) is 0 Å². The third kappa shape index (κ3) is 6.25. The zero-order valence-electron chi connectivity index (χ0n) is 18.4. The van der Waals surface area contributed by atoms with E-state index in [0.717, 1.165) is 0 Å². The van der Waals surface area contributed by atoms with Gasteiger partial charge in [-0.2, -0.15) is 0 Å². The molecule has 198 valence electrons. The van der Waals surface area contributed by atoms with Gasteiger partial charge in [0.25, 0.3) is 0 Å². The molecule has 1 aromatic carbocycles. The lowest BCUT2D eigenvalue weighted by Gasteiger charge is -2.46. The summed E-state index contributed by atoms with van der Waals surface area (Å²) < 4.78 is 16.3. The van der Waals surface area contributed by atoms with Crippen LogP contribution in [0.1, 0.15) is 5.56 Å². The second-order valence-electron chi connectivity index (χ2n) is 8.48. The number of nitrogens with one attached hydrogen (secondary N) is 1. The molecule has 0 aliphatic carbocycles. The number of phenolic OH excluding ortho intramolecular Hbond substituents is 1. The Morgan fingerprint density at radius 3 is 2.09 bits per heavy atom. The van der Waals surface area contributed by atoms with Crippen molar-refractivity contribution in [2.75, 3.05) is 13.2 Å². The number of aliphatic carboxylic acids is 1. The number of aliphatic hydroxyl groups excluding tert-OH is 7. The molecular formula is C21H31NO13. The van der Waals surface area contributed by atoms with Crippen LogP contribution >= 0.6 is 0 Å². The molecule has 35 heavy (non-hydrogen) atoms. The highest BCUT2D eigenvalue weighted by Crippen LogP contribution is 2.29. The summed E-state index contributed by atoms with van der Waals surface area (Å²) in [6.45, 7) is -1.47. The van der Waals surface area contributed by atoms with Gasteiger partial charge >= 0.3 is 5.97 Å². The highest BCUT2D eigenvalue weighted by molar-refractivity contribution is 5.74. The van der Waals surface area contributed by atoms with Crippen molar-refractivity contribution in [1.82, 2.24) is 5.32 Å². The van der Waals surface area contributed by atoms with E-state index in [-0.39, 0.29) is 12.2 Å². The third-order valence-electron chi connectivity index (χ3n) is 6.04. The van der Waals surface area contributed by atoms with Crippen LogP contribution in [-0.4, -0.2) is 133 Å². The van der Waals surface area contributed by atoms with Gasteiger partial charge in [0.1, 0.15) is 66.9 Å². The topological polar surface area (TPSA) is 239 Å². The maximum atomic E-state index is 11.8. The van der Waals surface area contributed by atoms with Gasteiger partial charge in [-0.25, -0.2) is 0 Å². The molecule has 2 aliphatic heterocycles. The van der Waals surface area contributed by atoms with Gasteiger partial charge in [-0.05, 0) is 24.1 Å². The number of aromatic hydroxyl groups is 1. The predicted octanol–water partition coefficient (Wildman–Crippen LogP) is -4.40. The van der Waals surface area contributed by atoms with E-state index in [1.807, 2.05) is 0 Å². The predicted molar refractivity (Wildman–Crippen MR) is 113 cm³/mol. The molecule has 3 rings (SSSR count). The first-order valence-electron chi connectivity index (χ1n) is 10.9. The summed E-state index contributed by atoms with van der Waals surface area (Å²) in [4.78, 5) is 11.8. The summed E-state index contributed by atoms with van der Waals surface area (Å²) >= 11 is 0. The SMILES string of the molecule is O=C(O)[C@H](Cc1ccc(O)cc1)NC1O[C@H](CO)[C@@H](O[C@@H]2O[C@H](CO)[C@H](O)[C@H](O)[C@H]2O)[C@H](O)[C@H]1O. The minimum absolute atomic E-state index is 0.000951. The van der Waals surface area contributed by atoms with Crippen molar-refractivity contribution in [2.24, 2.45) is 0 Å². The fraction of sp³-hybridized carbons (Fsp3) is 0.667. The number of carboxylic acids is 1. The molecule has 0 amide bonds. The van der Waals surface area contributed by atoms with Crippen LogP contribution in [0.5, 0.6) is 5.75 Å². The largest absolute Gasteiger partial charge is 0.508 e. The monoisotopic (exact) mass is 505 g/mol. The average Bonchev–Trinajstić information content (AvgIpc) is 2.84. The first-order valence-corrected chi connectivity index (χ1v) is 10.9. The van der Waals surface area contributed by atoms with Crippen LogP contribution in [-0.2, 0) is 25.4 Å². The normalized spacial score (nSPS) is 38.7. The van der Waals surface area contributed by atoms with Crippen LogP contribution in [0.15, 0.2) is 24.3 Å². The van der Waals surface area contributed by atoms with E-state index in [9.17, 15) is 50.8 Å². The quantitative estimate of drug-likeness (QED) is 0.152. The summed E-state index contributed by atoms with van der Waals surface area (Å²) in [5.74, 6) is -1.29. The van der Waals surface area contributed by atoms with Crippen molar-refractivity contribution in [2.45, 2.75) is 73.8 Å². The molecule has 10 N–H and O–H groups in total. The second kappa shape index (κ2) is 11.9. The Labute approximate surface area is 199 Å². The first kappa shape index (κ1) is 27.6. The number of phenols is 1.